The van der Waals surface area contributed by atoms with E-state index in [2.05, 4.69) is 58.3 Å². The van der Waals surface area contributed by atoms with Gasteiger partial charge in [0.15, 0.2) is 54.5 Å². The molecule has 4 amide bonds. The Hall–Kier alpha value is -9.95. The Morgan fingerprint density at radius 2 is 0.897 bits per heavy atom. The van der Waals surface area contributed by atoms with Crippen LogP contribution in [0.3, 0.4) is 0 Å². The number of aryl methyl sites for hydroxylation is 3. The lowest BCUT2D eigenvalue weighted by molar-refractivity contribution is -0.165. The van der Waals surface area contributed by atoms with Crippen molar-refractivity contribution in [1.29, 1.82) is 0 Å². The lowest BCUT2D eigenvalue weighted by atomic mass is 9.38. The second-order valence-electron chi connectivity index (χ2n) is 34.6. The number of nitrogens with zero attached hydrogens (tertiary/aromatic N) is 4. The fourth-order valence-electron chi connectivity index (χ4n) is 18.9. The van der Waals surface area contributed by atoms with Gasteiger partial charge >= 0.3 is 0 Å². The molecule has 12 fully saturated rings. The van der Waals surface area contributed by atoms with E-state index in [9.17, 15) is 51.5 Å². The molecule has 4 N–H and O–H groups in total. The van der Waals surface area contributed by atoms with Crippen molar-refractivity contribution in [3.63, 3.8) is 0 Å². The molecule has 8 bridgehead atoms. The van der Waals surface area contributed by atoms with Crippen molar-refractivity contribution in [1.82, 2.24) is 40.8 Å². The Morgan fingerprint density at radius 3 is 1.34 bits per heavy atom. The fourth-order valence-corrected chi connectivity index (χ4v) is 19.4. The van der Waals surface area contributed by atoms with Gasteiger partial charge in [0.05, 0.1) is 15.1 Å². The molecule has 0 saturated heterocycles. The zero-order valence-electron chi connectivity index (χ0n) is 65.0. The van der Waals surface area contributed by atoms with Gasteiger partial charge in [-0.25, -0.2) is 13.2 Å². The summed E-state index contributed by atoms with van der Waals surface area (Å²) in [6, 6.07) is 34.1. The molecule has 22 nitrogen and oxygen atoms in total. The van der Waals surface area contributed by atoms with E-state index in [1.54, 1.807) is 78.3 Å². The minimum Gasteiger partial charge on any atom is -0.486 e. The van der Waals surface area contributed by atoms with E-state index in [-0.39, 0.29) is 155 Å². The van der Waals surface area contributed by atoms with Crippen LogP contribution in [0.1, 0.15) is 176 Å². The Balaban J connectivity index is 0.000000128. The Bertz CT molecular complexity index is 5160. The number of benzene rings is 6. The molecule has 0 radical (unpaired) electrons. The first-order valence-corrected chi connectivity index (χ1v) is 39.9. The van der Waals surface area contributed by atoms with Crippen molar-refractivity contribution in [2.45, 2.75) is 158 Å². The summed E-state index contributed by atoms with van der Waals surface area (Å²) >= 11 is 22.9. The average molecular weight is 1670 g/mol. The lowest BCUT2D eigenvalue weighted by Crippen LogP contribution is -2.75. The molecule has 6 aromatic carbocycles. The average Bonchev–Trinajstić information content (AvgIpc) is 0.711. The van der Waals surface area contributed by atoms with Crippen LogP contribution >= 0.6 is 46.4 Å². The van der Waals surface area contributed by atoms with Crippen LogP contribution in [0.25, 0.3) is 0 Å². The molecule has 13 aliphatic rings. The van der Waals surface area contributed by atoms with Crippen molar-refractivity contribution in [3.8, 4) is 34.5 Å². The third kappa shape index (κ3) is 18.4. The highest BCUT2D eigenvalue weighted by atomic mass is 35.5. The van der Waals surface area contributed by atoms with E-state index in [1.165, 1.54) is 36.4 Å². The summed E-state index contributed by atoms with van der Waals surface area (Å²) in [5.41, 5.74) is 3.64. The molecule has 8 aromatic rings. The van der Waals surface area contributed by atoms with Crippen LogP contribution in [-0.2, 0) is 38.7 Å². The number of halogens is 7. The minimum atomic E-state index is -0.589. The number of Topliss-reactive ketones (excluding diaryl/α,β-unsaturated/α-hetero) is 4. The molecule has 116 heavy (non-hydrogen) atoms. The topological polar surface area (TPSA) is 276 Å². The molecule has 3 heterocycles. The first kappa shape index (κ1) is 82.6. The third-order valence-electron chi connectivity index (χ3n) is 23.6. The lowest BCUT2D eigenvalue weighted by Gasteiger charge is -2.70. The summed E-state index contributed by atoms with van der Waals surface area (Å²) in [6.45, 7) is 8.80. The number of hydrogen-bond acceptors (Lipinski definition) is 16. The van der Waals surface area contributed by atoms with E-state index >= 15 is 0 Å². The van der Waals surface area contributed by atoms with Gasteiger partial charge < -0.3 is 49.7 Å². The summed E-state index contributed by atoms with van der Waals surface area (Å²) in [6.07, 6.45) is 15.0. The molecule has 610 valence electrons. The standard InChI is InChI=1S/C25H27ClFNO3.C24H24ClNO5.2C19H19ClFN3O3/c1-23(2,3)17-6-4-5-16(9-17)21(29)11-24-13-25(14-24,15-24)28-22(30)12-31-18-7-8-19(26)20(27)10-18;1-15-8-18(3-4-19(15)25)31-11-17(27)10-23-12-24(13-23,14-23)26-22(28)16-2-5-20-21(9-16)30-7-6-29-20;1-24-5-4-15(23-24)16(25)7-18-9-19(10-18,11-18)22-17(26)8-27-12-2-3-13(20)14(21)6-12;1-24-15(4-5-22-24)16(25)7-18-9-19(10-18,11-18)23-17(26)8-27-12-2-3-13(20)14(21)6-12/h4-10H,11-15H2,1-3H3,(H,28,30);2-5,8-9H,6-7,10-14H2,1H3,(H,26,28);2-6H,7-11H2,1H3,(H,22,26);2-6H,7-11H2,1H3,(H,23,26). The summed E-state index contributed by atoms with van der Waals surface area (Å²) in [5, 5.41) is 21.0. The maximum atomic E-state index is 13.5. The van der Waals surface area contributed by atoms with Gasteiger partial charge in [0.1, 0.15) is 71.7 Å². The number of fused-ring (bicyclic) bond motifs is 1. The van der Waals surface area contributed by atoms with Crippen LogP contribution in [0.4, 0.5) is 13.2 Å². The van der Waals surface area contributed by atoms with Crippen LogP contribution in [-0.4, -0.2) is 128 Å². The number of aromatic nitrogens is 4. The minimum absolute atomic E-state index is 0.000796. The zero-order valence-corrected chi connectivity index (χ0v) is 68.0. The Kier molecular flexibility index (Phi) is 22.9. The fraction of sp³-hybridized carbons (Fsp3) is 0.425. The van der Waals surface area contributed by atoms with Crippen molar-refractivity contribution < 1.29 is 79.9 Å². The van der Waals surface area contributed by atoms with Gasteiger partial charge in [0.2, 0.25) is 0 Å². The second-order valence-corrected chi connectivity index (χ2v) is 36.2. The van der Waals surface area contributed by atoms with Crippen molar-refractivity contribution >= 4 is 93.2 Å². The molecule has 12 saturated carbocycles. The predicted molar refractivity (Wildman–Crippen MR) is 426 cm³/mol. The third-order valence-corrected chi connectivity index (χ3v) is 24.9. The highest BCUT2D eigenvalue weighted by molar-refractivity contribution is 6.32. The van der Waals surface area contributed by atoms with E-state index < -0.39 is 17.5 Å². The molecule has 2 aromatic heterocycles. The quantitative estimate of drug-likeness (QED) is 0.0332. The molecular formula is C87H89Cl4F3N8O14. The number of rotatable bonds is 28. The van der Waals surface area contributed by atoms with E-state index in [1.807, 2.05) is 31.2 Å². The van der Waals surface area contributed by atoms with Gasteiger partial charge in [-0.2, -0.15) is 10.2 Å². The number of hydrogen-bond donors (Lipinski definition) is 4. The normalized spacial score (nSPS) is 24.9. The first-order chi connectivity index (χ1) is 54.9. The van der Waals surface area contributed by atoms with Gasteiger partial charge in [-0.3, -0.25) is 47.7 Å². The summed E-state index contributed by atoms with van der Waals surface area (Å²) in [7, 11) is 3.53. The molecular weight excluding hydrogens is 1580 g/mol. The zero-order chi connectivity index (χ0) is 82.5. The maximum Gasteiger partial charge on any atom is 0.258 e. The smallest absolute Gasteiger partial charge is 0.258 e. The summed E-state index contributed by atoms with van der Waals surface area (Å²) in [5.74, 6) is 0.439. The van der Waals surface area contributed by atoms with Crippen molar-refractivity contribution in [2.75, 3.05) is 39.6 Å². The van der Waals surface area contributed by atoms with Gasteiger partial charge in [0, 0.05) is 109 Å². The number of ether oxygens (including phenoxy) is 6. The van der Waals surface area contributed by atoms with Gasteiger partial charge in [-0.1, -0.05) is 85.4 Å². The Labute approximate surface area is 688 Å². The Morgan fingerprint density at radius 1 is 0.466 bits per heavy atom. The van der Waals surface area contributed by atoms with Crippen molar-refractivity contribution in [3.05, 3.63) is 211 Å². The molecule has 29 heteroatoms. The van der Waals surface area contributed by atoms with Crippen molar-refractivity contribution in [2.24, 2.45) is 35.8 Å². The number of ketones is 4. The maximum absolute atomic E-state index is 13.5. The van der Waals surface area contributed by atoms with Crippen LogP contribution < -0.4 is 49.7 Å². The summed E-state index contributed by atoms with van der Waals surface area (Å²) in [4.78, 5) is 99.2. The van der Waals surface area contributed by atoms with Crippen LogP contribution in [0, 0.1) is 46.0 Å². The van der Waals surface area contributed by atoms with E-state index in [4.69, 9.17) is 74.8 Å². The highest BCUT2D eigenvalue weighted by Gasteiger charge is 2.71. The van der Waals surface area contributed by atoms with Crippen LogP contribution in [0.2, 0.25) is 20.1 Å². The number of amides is 4. The van der Waals surface area contributed by atoms with Crippen LogP contribution in [0.15, 0.2) is 140 Å². The molecule has 0 atom stereocenters. The van der Waals surface area contributed by atoms with Gasteiger partial charge in [-0.05, 0) is 213 Å². The predicted octanol–water partition coefficient (Wildman–Crippen LogP) is 15.4. The molecule has 0 spiro atoms. The molecule has 21 rings (SSSR count). The molecule has 1 aliphatic heterocycles. The highest BCUT2D eigenvalue weighted by Crippen LogP contribution is 2.72. The van der Waals surface area contributed by atoms with E-state index in [0.717, 1.165) is 112 Å². The monoisotopic (exact) mass is 1670 g/mol. The van der Waals surface area contributed by atoms with E-state index in [0.29, 0.717) is 78.1 Å². The molecule has 0 unspecified atom stereocenters. The SMILES string of the molecule is CC(C)(C)c1cccc(C(=O)CC23CC(NC(=O)COc4ccc(Cl)c(F)c4)(C2)C3)c1.Cc1cc(OCC(=O)CC23CC(NC(=O)c4ccc5c(c4)OCCO5)(C2)C3)ccc1Cl.Cn1ccc(C(=O)CC23CC(NC(=O)COc4ccc(Cl)c(F)c4)(C2)C3)n1.Cn1nccc1C(=O)CC12CC(NC(=O)COc3ccc(Cl)c(F)c3)(C1)C2. The largest absolute Gasteiger partial charge is 0.486 e. The van der Waals surface area contributed by atoms with Crippen LogP contribution in [0.5, 0.6) is 34.5 Å². The summed E-state index contributed by atoms with van der Waals surface area (Å²) < 4.78 is 76.1. The first-order valence-electron chi connectivity index (χ1n) is 38.4. The number of nitrogens with one attached hydrogen (secondary N) is 4. The number of carbonyl (C=O) groups is 8. The second kappa shape index (κ2) is 32.2. The van der Waals surface area contributed by atoms with Gasteiger partial charge in [-0.15, -0.1) is 0 Å². The molecule has 12 aliphatic carbocycles. The van der Waals surface area contributed by atoms with Gasteiger partial charge in [0.25, 0.3) is 23.6 Å². The number of carbonyl (C=O) groups excluding carboxylic acids is 8.